The maximum atomic E-state index is 10.9. The topological polar surface area (TPSA) is 35.1 Å². The van der Waals surface area contributed by atoms with Crippen molar-refractivity contribution in [3.63, 3.8) is 0 Å². The highest BCUT2D eigenvalue weighted by molar-refractivity contribution is 8.93. The molecule has 0 amide bonds. The van der Waals surface area contributed by atoms with E-state index in [0.717, 1.165) is 23.4 Å². The van der Waals surface area contributed by atoms with Gasteiger partial charge in [0, 0.05) is 26.0 Å². The Morgan fingerprint density at radius 1 is 1.33 bits per heavy atom. The van der Waals surface area contributed by atoms with E-state index in [1.54, 1.807) is 0 Å². The number of aromatic nitrogens is 2. The predicted molar refractivity (Wildman–Crippen MR) is 89.5 cm³/mol. The van der Waals surface area contributed by atoms with Crippen molar-refractivity contribution >= 4 is 57.2 Å². The van der Waals surface area contributed by atoms with Gasteiger partial charge in [0.05, 0.1) is 16.6 Å². The molecule has 0 aliphatic heterocycles. The molecule has 1 aromatic heterocycles. The molecule has 0 N–H and O–H groups in total. The van der Waals surface area contributed by atoms with Crippen LogP contribution in [0.2, 0.25) is 10.0 Å². The van der Waals surface area contributed by atoms with Crippen molar-refractivity contribution in [3.8, 4) is 0 Å². The summed E-state index contributed by atoms with van der Waals surface area (Å²) in [6, 6.07) is 3.73. The van der Waals surface area contributed by atoms with Crippen molar-refractivity contribution < 1.29 is 14.1 Å². The van der Waals surface area contributed by atoms with Crippen LogP contribution in [0, 0.1) is 6.92 Å². The molecule has 1 aromatic carbocycles. The van der Waals surface area contributed by atoms with Crippen LogP contribution in [0.15, 0.2) is 12.1 Å². The molecule has 2 aromatic rings. The van der Waals surface area contributed by atoms with Gasteiger partial charge in [0.1, 0.15) is 13.2 Å². The van der Waals surface area contributed by atoms with Gasteiger partial charge in [-0.2, -0.15) is 0 Å². The van der Waals surface area contributed by atoms with Crippen molar-refractivity contribution in [2.75, 3.05) is 6.61 Å². The van der Waals surface area contributed by atoms with Gasteiger partial charge in [0.15, 0.2) is 11.0 Å². The average molecular weight is 397 g/mol. The number of imidazole rings is 1. The summed E-state index contributed by atoms with van der Waals surface area (Å²) in [6.45, 7) is 7.27. The molecule has 0 bridgehead atoms. The zero-order valence-corrected chi connectivity index (χ0v) is 15.4. The van der Waals surface area contributed by atoms with Gasteiger partial charge in [0.2, 0.25) is 0 Å². The molecule has 0 atom stereocenters. The first-order valence-corrected chi connectivity index (χ1v) is 7.22. The number of hydrogen-bond acceptors (Lipinski definition) is 2. The van der Waals surface area contributed by atoms with Gasteiger partial charge < -0.3 is 4.74 Å². The standard InChI is InChI=1S/C14H17Cl2N2O2.BrH/c1-4-17-9(2)18(5-6-20-10(3)19)14-8-12(16)11(15)7-13(14)17;/h7-8H,4-6H2,1-3H3;1H/q+1;. The molecule has 2 rings (SSSR count). The molecule has 0 unspecified atom stereocenters. The van der Waals surface area contributed by atoms with Gasteiger partial charge in [-0.25, -0.2) is 9.13 Å². The number of carbonyl (C=O) groups is 1. The molecule has 0 aliphatic carbocycles. The van der Waals surface area contributed by atoms with Gasteiger partial charge in [-0.15, -0.1) is 17.0 Å². The summed E-state index contributed by atoms with van der Waals surface area (Å²) in [7, 11) is 0. The Kier molecular flexibility index (Phi) is 6.50. The first-order valence-electron chi connectivity index (χ1n) is 6.46. The van der Waals surface area contributed by atoms with Crippen LogP contribution in [-0.4, -0.2) is 17.1 Å². The van der Waals surface area contributed by atoms with E-state index in [9.17, 15) is 4.79 Å². The smallest absolute Gasteiger partial charge is 0.302 e. The highest BCUT2D eigenvalue weighted by atomic mass is 79.9. The largest absolute Gasteiger partial charge is 0.462 e. The summed E-state index contributed by atoms with van der Waals surface area (Å²) >= 11 is 12.2. The molecule has 116 valence electrons. The minimum Gasteiger partial charge on any atom is -0.462 e. The second-order valence-electron chi connectivity index (χ2n) is 4.54. The van der Waals surface area contributed by atoms with Gasteiger partial charge in [-0.05, 0) is 6.92 Å². The Bertz CT molecular complexity index is 671. The van der Waals surface area contributed by atoms with E-state index in [4.69, 9.17) is 27.9 Å². The Balaban J connectivity index is 0.00000220. The number of esters is 1. The lowest BCUT2D eigenvalue weighted by Gasteiger charge is -2.02. The minimum atomic E-state index is -0.274. The second kappa shape index (κ2) is 7.47. The highest BCUT2D eigenvalue weighted by Crippen LogP contribution is 2.27. The fraction of sp³-hybridized carbons (Fsp3) is 0.429. The van der Waals surface area contributed by atoms with Crippen molar-refractivity contribution in [3.05, 3.63) is 28.0 Å². The lowest BCUT2D eigenvalue weighted by atomic mass is 10.3. The molecule has 0 saturated carbocycles. The van der Waals surface area contributed by atoms with Crippen LogP contribution >= 0.6 is 40.2 Å². The van der Waals surface area contributed by atoms with Gasteiger partial charge in [-0.3, -0.25) is 4.79 Å². The molecule has 1 heterocycles. The van der Waals surface area contributed by atoms with Crippen LogP contribution in [0.5, 0.6) is 0 Å². The van der Waals surface area contributed by atoms with Crippen LogP contribution < -0.4 is 4.57 Å². The maximum Gasteiger partial charge on any atom is 0.302 e. The highest BCUT2D eigenvalue weighted by Gasteiger charge is 2.22. The molecule has 0 spiro atoms. The van der Waals surface area contributed by atoms with E-state index in [1.807, 2.05) is 19.1 Å². The zero-order chi connectivity index (χ0) is 14.9. The lowest BCUT2D eigenvalue weighted by molar-refractivity contribution is -0.679. The fourth-order valence-electron chi connectivity index (χ4n) is 2.41. The van der Waals surface area contributed by atoms with Crippen LogP contribution in [0.1, 0.15) is 19.7 Å². The number of ether oxygens (including phenoxy) is 1. The van der Waals surface area contributed by atoms with Crippen LogP contribution in [0.25, 0.3) is 11.0 Å². The number of aryl methyl sites for hydroxylation is 1. The minimum absolute atomic E-state index is 0. The normalized spacial score (nSPS) is 10.5. The Morgan fingerprint density at radius 3 is 2.52 bits per heavy atom. The summed E-state index contributed by atoms with van der Waals surface area (Å²) in [5.74, 6) is 0.802. The number of benzene rings is 1. The summed E-state index contributed by atoms with van der Waals surface area (Å²) in [5, 5.41) is 1.06. The lowest BCUT2D eigenvalue weighted by Crippen LogP contribution is -2.39. The van der Waals surface area contributed by atoms with Crippen LogP contribution in [0.3, 0.4) is 0 Å². The number of nitrogens with zero attached hydrogens (tertiary/aromatic N) is 2. The maximum absolute atomic E-state index is 10.9. The molecule has 21 heavy (non-hydrogen) atoms. The third-order valence-corrected chi connectivity index (χ3v) is 4.04. The van der Waals surface area contributed by atoms with Crippen LogP contribution in [0.4, 0.5) is 0 Å². The van der Waals surface area contributed by atoms with E-state index in [0.29, 0.717) is 23.2 Å². The molecule has 0 aliphatic rings. The van der Waals surface area contributed by atoms with E-state index >= 15 is 0 Å². The third kappa shape index (κ3) is 3.71. The number of halogens is 3. The van der Waals surface area contributed by atoms with Crippen molar-refractivity contribution in [1.82, 2.24) is 4.57 Å². The number of carbonyl (C=O) groups excluding carboxylic acids is 1. The summed E-state index contributed by atoms with van der Waals surface area (Å²) in [6.07, 6.45) is 0. The van der Waals surface area contributed by atoms with Gasteiger partial charge in [0.25, 0.3) is 5.82 Å². The number of rotatable bonds is 4. The number of hydrogen-bond donors (Lipinski definition) is 0. The van der Waals surface area contributed by atoms with Crippen molar-refractivity contribution in [2.45, 2.75) is 33.9 Å². The summed E-state index contributed by atoms with van der Waals surface area (Å²) < 4.78 is 9.26. The van der Waals surface area contributed by atoms with Gasteiger partial charge >= 0.3 is 5.97 Å². The van der Waals surface area contributed by atoms with Crippen molar-refractivity contribution in [2.24, 2.45) is 0 Å². The van der Waals surface area contributed by atoms with E-state index < -0.39 is 0 Å². The van der Waals surface area contributed by atoms with Crippen molar-refractivity contribution in [1.29, 1.82) is 0 Å². The second-order valence-corrected chi connectivity index (χ2v) is 5.35. The Morgan fingerprint density at radius 2 is 1.95 bits per heavy atom. The van der Waals surface area contributed by atoms with Crippen LogP contribution in [-0.2, 0) is 22.6 Å². The molecule has 0 saturated heterocycles. The molecule has 0 fully saturated rings. The average Bonchev–Trinajstić information content (AvgIpc) is 2.62. The van der Waals surface area contributed by atoms with E-state index in [-0.39, 0.29) is 23.0 Å². The predicted octanol–water partition coefficient (Wildman–Crippen LogP) is 3.70. The summed E-state index contributed by atoms with van der Waals surface area (Å²) in [4.78, 5) is 10.9. The third-order valence-electron chi connectivity index (χ3n) is 3.32. The molecular weight excluding hydrogens is 379 g/mol. The first kappa shape index (κ1) is 18.3. The first-order chi connectivity index (χ1) is 9.45. The Hall–Kier alpha value is -0.780. The molecule has 4 nitrogen and oxygen atoms in total. The summed E-state index contributed by atoms with van der Waals surface area (Å²) in [5.41, 5.74) is 2.02. The van der Waals surface area contributed by atoms with E-state index in [2.05, 4.69) is 16.1 Å². The number of fused-ring (bicyclic) bond motifs is 1. The molecular formula is C14H18BrCl2N2O2+. The molecule has 0 radical (unpaired) electrons. The fourth-order valence-corrected chi connectivity index (χ4v) is 2.73. The molecule has 7 heteroatoms. The zero-order valence-electron chi connectivity index (χ0n) is 12.2. The Labute approximate surface area is 144 Å². The van der Waals surface area contributed by atoms with Gasteiger partial charge in [-0.1, -0.05) is 23.2 Å². The van der Waals surface area contributed by atoms with E-state index in [1.165, 1.54) is 6.92 Å². The SMILES string of the molecule is Br.CCn1c(C)[n+](CCOC(C)=O)c2cc(Cl)c(Cl)cc21. The quantitative estimate of drug-likeness (QED) is 0.583. The monoisotopic (exact) mass is 395 g/mol.